The van der Waals surface area contributed by atoms with Gasteiger partial charge >= 0.3 is 5.97 Å². The molecule has 2 aromatic heterocycles. The molecule has 0 atom stereocenters. The Labute approximate surface area is 208 Å². The van der Waals surface area contributed by atoms with Crippen molar-refractivity contribution in [3.05, 3.63) is 65.5 Å². The van der Waals surface area contributed by atoms with Gasteiger partial charge in [-0.25, -0.2) is 9.78 Å². The zero-order chi connectivity index (χ0) is 24.6. The lowest BCUT2D eigenvalue weighted by atomic mass is 9.96. The van der Waals surface area contributed by atoms with Crippen molar-refractivity contribution in [2.24, 2.45) is 0 Å². The number of morpholine rings is 1. The molecule has 0 unspecified atom stereocenters. The number of nitrogens with zero attached hydrogens (tertiary/aromatic N) is 3. The summed E-state index contributed by atoms with van der Waals surface area (Å²) in [5.74, 6) is 0.395. The van der Waals surface area contributed by atoms with E-state index in [4.69, 9.17) is 9.15 Å². The topological polar surface area (TPSA) is 97.8 Å². The Bertz CT molecular complexity index is 1460. The van der Waals surface area contributed by atoms with Crippen molar-refractivity contribution in [2.45, 2.75) is 32.2 Å². The molecule has 1 amide bonds. The monoisotopic (exact) mass is 485 g/mol. The van der Waals surface area contributed by atoms with Gasteiger partial charge in [-0.2, -0.15) is 0 Å². The fourth-order valence-corrected chi connectivity index (χ4v) is 5.30. The second kappa shape index (κ2) is 9.28. The average Bonchev–Trinajstić information content (AvgIpc) is 3.47. The summed E-state index contributed by atoms with van der Waals surface area (Å²) in [4.78, 5) is 30.5. The van der Waals surface area contributed by atoms with E-state index >= 15 is 0 Å². The number of aromatic carboxylic acids is 1. The second-order valence-electron chi connectivity index (χ2n) is 9.33. The van der Waals surface area contributed by atoms with E-state index < -0.39 is 5.97 Å². The molecule has 0 spiro atoms. The van der Waals surface area contributed by atoms with Gasteiger partial charge in [0.2, 0.25) is 11.8 Å². The standard InChI is InChI=1S/C28H27N3O5/c32-25(30-11-13-35-14-12-30)9-8-21-17-29-27(36-21)22-5-1-3-18-4-2-10-31-23-16-20(28(33)34)7-6-19(23)15-24(31)26(18)22/h1,3,5-7,15-17H,2,4,8-14H2,(H,33,34). The van der Waals surface area contributed by atoms with Gasteiger partial charge in [0.15, 0.2) is 0 Å². The largest absolute Gasteiger partial charge is 0.478 e. The molecule has 2 aromatic carbocycles. The van der Waals surface area contributed by atoms with Crippen LogP contribution in [0, 0.1) is 0 Å². The Balaban J connectivity index is 1.33. The summed E-state index contributed by atoms with van der Waals surface area (Å²) in [5, 5.41) is 10.5. The van der Waals surface area contributed by atoms with Crippen LogP contribution in [0.4, 0.5) is 0 Å². The van der Waals surface area contributed by atoms with E-state index in [1.54, 1.807) is 18.3 Å². The van der Waals surface area contributed by atoms with Crippen LogP contribution in [-0.4, -0.2) is 57.7 Å². The maximum absolute atomic E-state index is 12.5. The van der Waals surface area contributed by atoms with Crippen LogP contribution < -0.4 is 0 Å². The van der Waals surface area contributed by atoms with Crippen LogP contribution >= 0.6 is 0 Å². The van der Waals surface area contributed by atoms with Crippen molar-refractivity contribution in [1.29, 1.82) is 0 Å². The summed E-state index contributed by atoms with van der Waals surface area (Å²) < 4.78 is 13.7. The fraction of sp³-hybridized carbons (Fsp3) is 0.321. The number of aryl methyl sites for hydroxylation is 3. The van der Waals surface area contributed by atoms with Gasteiger partial charge in [-0.15, -0.1) is 0 Å². The third kappa shape index (κ3) is 4.07. The molecule has 36 heavy (non-hydrogen) atoms. The first-order valence-electron chi connectivity index (χ1n) is 12.4. The number of aromatic nitrogens is 2. The SMILES string of the molecule is O=C(O)c1ccc2cc3n(c2c1)CCCc1cccc(-c2ncc(CCC(=O)N4CCOCC4)o2)c1-3. The molecule has 8 nitrogen and oxygen atoms in total. The predicted molar refractivity (Wildman–Crippen MR) is 134 cm³/mol. The van der Waals surface area contributed by atoms with Gasteiger partial charge in [0.05, 0.1) is 30.7 Å². The molecule has 4 heterocycles. The molecule has 0 radical (unpaired) electrons. The highest BCUT2D eigenvalue weighted by Gasteiger charge is 2.24. The molecule has 1 saturated heterocycles. The number of fused-ring (bicyclic) bond motifs is 5. The minimum Gasteiger partial charge on any atom is -0.478 e. The van der Waals surface area contributed by atoms with Crippen molar-refractivity contribution in [3.63, 3.8) is 0 Å². The van der Waals surface area contributed by atoms with E-state index in [9.17, 15) is 14.7 Å². The zero-order valence-electron chi connectivity index (χ0n) is 19.9. The smallest absolute Gasteiger partial charge is 0.335 e. The first-order chi connectivity index (χ1) is 17.6. The Morgan fingerprint density at radius 3 is 2.75 bits per heavy atom. The van der Waals surface area contributed by atoms with Crippen LogP contribution in [0.15, 0.2) is 53.1 Å². The molecule has 4 aromatic rings. The van der Waals surface area contributed by atoms with Gasteiger partial charge in [0.1, 0.15) is 5.76 Å². The average molecular weight is 486 g/mol. The summed E-state index contributed by atoms with van der Waals surface area (Å²) in [5.41, 5.74) is 5.43. The number of oxazole rings is 1. The van der Waals surface area contributed by atoms with Gasteiger partial charge in [-0.3, -0.25) is 4.79 Å². The predicted octanol–water partition coefficient (Wildman–Crippen LogP) is 4.40. The number of carbonyl (C=O) groups excluding carboxylic acids is 1. The number of ether oxygens (including phenoxy) is 1. The van der Waals surface area contributed by atoms with E-state index in [1.165, 1.54) is 5.56 Å². The minimum absolute atomic E-state index is 0.107. The highest BCUT2D eigenvalue weighted by molar-refractivity contribution is 5.97. The fourth-order valence-electron chi connectivity index (χ4n) is 5.30. The quantitative estimate of drug-likeness (QED) is 0.450. The van der Waals surface area contributed by atoms with Crippen molar-refractivity contribution in [1.82, 2.24) is 14.5 Å². The number of hydrogen-bond acceptors (Lipinski definition) is 5. The molecule has 8 heteroatoms. The molecule has 184 valence electrons. The van der Waals surface area contributed by atoms with Crippen molar-refractivity contribution >= 4 is 22.8 Å². The lowest BCUT2D eigenvalue weighted by Crippen LogP contribution is -2.40. The van der Waals surface area contributed by atoms with Crippen LogP contribution in [-0.2, 0) is 28.9 Å². The molecule has 1 N–H and O–H groups in total. The number of rotatable bonds is 5. The van der Waals surface area contributed by atoms with Gasteiger partial charge < -0.3 is 23.7 Å². The van der Waals surface area contributed by atoms with Gasteiger partial charge in [0, 0.05) is 54.5 Å². The minimum atomic E-state index is -0.929. The summed E-state index contributed by atoms with van der Waals surface area (Å²) in [6.07, 6.45) is 4.45. The summed E-state index contributed by atoms with van der Waals surface area (Å²) in [6, 6.07) is 13.6. The van der Waals surface area contributed by atoms with E-state index in [-0.39, 0.29) is 11.5 Å². The van der Waals surface area contributed by atoms with Crippen molar-refractivity contribution in [2.75, 3.05) is 26.3 Å². The number of carboxylic acid groups (broad SMARTS) is 1. The molecule has 2 aliphatic heterocycles. The molecule has 1 fully saturated rings. The van der Waals surface area contributed by atoms with E-state index in [1.807, 2.05) is 23.1 Å². The molecule has 0 saturated carbocycles. The van der Waals surface area contributed by atoms with Crippen molar-refractivity contribution < 1.29 is 23.8 Å². The Morgan fingerprint density at radius 2 is 1.92 bits per heavy atom. The second-order valence-corrected chi connectivity index (χ2v) is 9.33. The van der Waals surface area contributed by atoms with E-state index in [2.05, 4.69) is 21.7 Å². The normalized spacial score (nSPS) is 15.4. The maximum atomic E-state index is 12.5. The third-order valence-corrected chi connectivity index (χ3v) is 7.12. The number of carbonyl (C=O) groups is 2. The van der Waals surface area contributed by atoms with Crippen LogP contribution in [0.2, 0.25) is 0 Å². The lowest BCUT2D eigenvalue weighted by molar-refractivity contribution is -0.135. The van der Waals surface area contributed by atoms with E-state index in [0.29, 0.717) is 50.8 Å². The Hall–Kier alpha value is -3.91. The van der Waals surface area contributed by atoms with Crippen molar-refractivity contribution in [3.8, 4) is 22.7 Å². The van der Waals surface area contributed by atoms with Crippen LogP contribution in [0.1, 0.15) is 34.5 Å². The van der Waals surface area contributed by atoms with Crippen LogP contribution in [0.25, 0.3) is 33.6 Å². The highest BCUT2D eigenvalue weighted by Crippen LogP contribution is 2.40. The highest BCUT2D eigenvalue weighted by atomic mass is 16.5. The van der Waals surface area contributed by atoms with E-state index in [0.717, 1.165) is 47.1 Å². The van der Waals surface area contributed by atoms with Gasteiger partial charge in [-0.1, -0.05) is 18.2 Å². The molecule has 2 aliphatic rings. The first-order valence-corrected chi connectivity index (χ1v) is 12.4. The summed E-state index contributed by atoms with van der Waals surface area (Å²) >= 11 is 0. The summed E-state index contributed by atoms with van der Waals surface area (Å²) in [7, 11) is 0. The third-order valence-electron chi connectivity index (χ3n) is 7.12. The Kier molecular flexibility index (Phi) is 5.81. The number of benzene rings is 2. The summed E-state index contributed by atoms with van der Waals surface area (Å²) in [6.45, 7) is 3.26. The van der Waals surface area contributed by atoms with Crippen LogP contribution in [0.3, 0.4) is 0 Å². The number of carboxylic acids is 1. The first kappa shape index (κ1) is 22.5. The molecule has 0 aliphatic carbocycles. The Morgan fingerprint density at radius 1 is 1.06 bits per heavy atom. The molecule has 0 bridgehead atoms. The molecule has 6 rings (SSSR count). The lowest BCUT2D eigenvalue weighted by Gasteiger charge is -2.26. The molecular weight excluding hydrogens is 458 g/mol. The number of hydrogen-bond donors (Lipinski definition) is 1. The number of amides is 1. The van der Waals surface area contributed by atoms with Gasteiger partial charge in [0.25, 0.3) is 0 Å². The van der Waals surface area contributed by atoms with Gasteiger partial charge in [-0.05, 0) is 42.7 Å². The maximum Gasteiger partial charge on any atom is 0.335 e. The van der Waals surface area contributed by atoms with Crippen LogP contribution in [0.5, 0.6) is 0 Å². The molecular formula is C28H27N3O5. The zero-order valence-corrected chi connectivity index (χ0v) is 19.9.